The lowest BCUT2D eigenvalue weighted by molar-refractivity contribution is 0.387. The second kappa shape index (κ2) is 5.42. The number of para-hydroxylation sites is 1. The van der Waals surface area contributed by atoms with E-state index >= 15 is 0 Å². The first-order valence-electron chi connectivity index (χ1n) is 6.44. The lowest BCUT2D eigenvalue weighted by Crippen LogP contribution is -2.26. The van der Waals surface area contributed by atoms with Crippen LogP contribution in [0.5, 0.6) is 5.88 Å². The van der Waals surface area contributed by atoms with Gasteiger partial charge in [0.25, 0.3) is 0 Å². The lowest BCUT2D eigenvalue weighted by Gasteiger charge is -2.19. The van der Waals surface area contributed by atoms with Crippen molar-refractivity contribution in [1.29, 1.82) is 0 Å². The van der Waals surface area contributed by atoms with Gasteiger partial charge in [0.05, 0.1) is 18.5 Å². The minimum atomic E-state index is -0.342. The van der Waals surface area contributed by atoms with E-state index in [9.17, 15) is 4.39 Å². The number of benzene rings is 1. The Kier molecular flexibility index (Phi) is 3.47. The first kappa shape index (κ1) is 12.8. The number of ether oxygens (including phenoxy) is 1. The van der Waals surface area contributed by atoms with E-state index in [-0.39, 0.29) is 5.82 Å². The zero-order chi connectivity index (χ0) is 13.9. The van der Waals surface area contributed by atoms with Gasteiger partial charge in [-0.3, -0.25) is 0 Å². The number of nitrogens with one attached hydrogen (secondary N) is 2. The zero-order valence-corrected chi connectivity index (χ0v) is 11.1. The van der Waals surface area contributed by atoms with Crippen LogP contribution in [-0.2, 0) is 13.0 Å². The molecule has 0 unspecified atom stereocenters. The number of nitrogens with zero attached hydrogens (tertiary/aromatic N) is 2. The molecular weight excluding hydrogens is 259 g/mol. The highest BCUT2D eigenvalue weighted by atomic mass is 19.1. The minimum absolute atomic E-state index is 0.342. The van der Waals surface area contributed by atoms with Crippen molar-refractivity contribution in [1.82, 2.24) is 15.3 Å². The van der Waals surface area contributed by atoms with E-state index in [0.29, 0.717) is 24.1 Å². The summed E-state index contributed by atoms with van der Waals surface area (Å²) < 4.78 is 18.9. The second-order valence-electron chi connectivity index (χ2n) is 4.51. The molecule has 0 bridgehead atoms. The molecule has 0 atom stereocenters. The van der Waals surface area contributed by atoms with Crippen LogP contribution >= 0.6 is 0 Å². The molecule has 0 fully saturated rings. The minimum Gasteiger partial charge on any atom is -0.481 e. The van der Waals surface area contributed by atoms with Crippen molar-refractivity contribution >= 4 is 11.6 Å². The van der Waals surface area contributed by atoms with E-state index in [1.165, 1.54) is 6.07 Å². The zero-order valence-electron chi connectivity index (χ0n) is 11.1. The number of halogens is 1. The molecule has 1 aliphatic heterocycles. The number of methoxy groups -OCH3 is 1. The van der Waals surface area contributed by atoms with E-state index in [0.717, 1.165) is 24.2 Å². The third-order valence-electron chi connectivity index (χ3n) is 3.21. The predicted molar refractivity (Wildman–Crippen MR) is 73.7 cm³/mol. The summed E-state index contributed by atoms with van der Waals surface area (Å²) in [6, 6.07) is 6.42. The van der Waals surface area contributed by atoms with Gasteiger partial charge in [0, 0.05) is 12.1 Å². The smallest absolute Gasteiger partial charge is 0.230 e. The molecule has 1 aromatic heterocycles. The summed E-state index contributed by atoms with van der Waals surface area (Å²) >= 11 is 0. The Morgan fingerprint density at radius 2 is 2.15 bits per heavy atom. The average Bonchev–Trinajstić information content (AvgIpc) is 2.49. The predicted octanol–water partition coefficient (Wildman–Crippen LogP) is 2.01. The molecule has 0 amide bonds. The first-order chi connectivity index (χ1) is 9.78. The number of fused-ring (bicyclic) bond motifs is 1. The third kappa shape index (κ3) is 2.42. The van der Waals surface area contributed by atoms with Gasteiger partial charge in [-0.25, -0.2) is 9.37 Å². The molecule has 20 heavy (non-hydrogen) atoms. The molecule has 2 heterocycles. The summed E-state index contributed by atoms with van der Waals surface area (Å²) in [5.41, 5.74) is 2.26. The Balaban J connectivity index is 1.96. The highest BCUT2D eigenvalue weighted by Gasteiger charge is 2.18. The fraction of sp³-hybridized carbons (Fsp3) is 0.286. The highest BCUT2D eigenvalue weighted by molar-refractivity contribution is 5.55. The topological polar surface area (TPSA) is 59.1 Å². The first-order valence-corrected chi connectivity index (χ1v) is 6.44. The monoisotopic (exact) mass is 274 g/mol. The summed E-state index contributed by atoms with van der Waals surface area (Å²) in [7, 11) is 1.58. The van der Waals surface area contributed by atoms with Gasteiger partial charge in [0.2, 0.25) is 11.8 Å². The van der Waals surface area contributed by atoms with Crippen LogP contribution in [0.15, 0.2) is 24.3 Å². The standard InChI is InChI=1S/C14H15FN4O/c1-20-13-9-6-7-16-8-12(9)18-14(19-13)17-11-5-3-2-4-10(11)15/h2-5,16H,6-8H2,1H3,(H,17,18,19). The van der Waals surface area contributed by atoms with Gasteiger partial charge < -0.3 is 15.4 Å². The largest absolute Gasteiger partial charge is 0.481 e. The molecule has 2 aromatic rings. The Hall–Kier alpha value is -2.21. The number of hydrogen-bond donors (Lipinski definition) is 2. The lowest BCUT2D eigenvalue weighted by atomic mass is 10.1. The van der Waals surface area contributed by atoms with Crippen LogP contribution in [0.3, 0.4) is 0 Å². The second-order valence-corrected chi connectivity index (χ2v) is 4.51. The van der Waals surface area contributed by atoms with Crippen molar-refractivity contribution in [3.8, 4) is 5.88 Å². The van der Waals surface area contributed by atoms with Gasteiger partial charge in [-0.1, -0.05) is 12.1 Å². The molecule has 5 nitrogen and oxygen atoms in total. The van der Waals surface area contributed by atoms with Crippen LogP contribution in [-0.4, -0.2) is 23.6 Å². The average molecular weight is 274 g/mol. The summed E-state index contributed by atoms with van der Waals surface area (Å²) in [4.78, 5) is 8.73. The van der Waals surface area contributed by atoms with E-state index < -0.39 is 0 Å². The number of anilines is 2. The fourth-order valence-corrected chi connectivity index (χ4v) is 2.23. The van der Waals surface area contributed by atoms with Crippen molar-refractivity contribution in [2.45, 2.75) is 13.0 Å². The van der Waals surface area contributed by atoms with E-state index in [4.69, 9.17) is 4.74 Å². The van der Waals surface area contributed by atoms with Crippen molar-refractivity contribution < 1.29 is 9.13 Å². The summed E-state index contributed by atoms with van der Waals surface area (Å²) in [6.07, 6.45) is 0.832. The van der Waals surface area contributed by atoms with Gasteiger partial charge in [-0.2, -0.15) is 4.98 Å². The molecule has 6 heteroatoms. The molecule has 0 saturated carbocycles. The molecule has 0 aliphatic carbocycles. The van der Waals surface area contributed by atoms with Crippen LogP contribution in [0.4, 0.5) is 16.0 Å². The number of aromatic nitrogens is 2. The Morgan fingerprint density at radius 1 is 1.30 bits per heavy atom. The van der Waals surface area contributed by atoms with Crippen LogP contribution in [0.25, 0.3) is 0 Å². The summed E-state index contributed by atoms with van der Waals surface area (Å²) in [5.74, 6) is 0.552. The van der Waals surface area contributed by atoms with E-state index in [1.54, 1.807) is 25.3 Å². The Morgan fingerprint density at radius 3 is 2.95 bits per heavy atom. The molecule has 1 aliphatic rings. The molecule has 1 aromatic carbocycles. The maximum atomic E-state index is 13.6. The van der Waals surface area contributed by atoms with Crippen LogP contribution in [0.2, 0.25) is 0 Å². The van der Waals surface area contributed by atoms with Crippen LogP contribution < -0.4 is 15.4 Å². The molecule has 3 rings (SSSR count). The van der Waals surface area contributed by atoms with Gasteiger partial charge in [-0.15, -0.1) is 0 Å². The molecule has 0 spiro atoms. The van der Waals surface area contributed by atoms with E-state index in [2.05, 4.69) is 20.6 Å². The maximum Gasteiger partial charge on any atom is 0.230 e. The van der Waals surface area contributed by atoms with Gasteiger partial charge in [0.1, 0.15) is 5.82 Å². The van der Waals surface area contributed by atoms with Gasteiger partial charge in [-0.05, 0) is 25.1 Å². The van der Waals surface area contributed by atoms with E-state index in [1.807, 2.05) is 0 Å². The maximum absolute atomic E-state index is 13.6. The summed E-state index contributed by atoms with van der Waals surface area (Å²) in [6.45, 7) is 1.55. The van der Waals surface area contributed by atoms with Gasteiger partial charge in [0.15, 0.2) is 0 Å². The number of hydrogen-bond acceptors (Lipinski definition) is 5. The van der Waals surface area contributed by atoms with Crippen molar-refractivity contribution in [2.24, 2.45) is 0 Å². The van der Waals surface area contributed by atoms with Crippen molar-refractivity contribution in [3.05, 3.63) is 41.3 Å². The van der Waals surface area contributed by atoms with Crippen molar-refractivity contribution in [2.75, 3.05) is 19.0 Å². The van der Waals surface area contributed by atoms with Crippen LogP contribution in [0.1, 0.15) is 11.3 Å². The fourth-order valence-electron chi connectivity index (χ4n) is 2.23. The van der Waals surface area contributed by atoms with Crippen LogP contribution in [0, 0.1) is 5.82 Å². The SMILES string of the molecule is COc1nc(Nc2ccccc2F)nc2c1CCNC2. The Bertz CT molecular complexity index is 615. The normalized spacial score (nSPS) is 13.7. The molecule has 104 valence electrons. The van der Waals surface area contributed by atoms with Crippen molar-refractivity contribution in [3.63, 3.8) is 0 Å². The third-order valence-corrected chi connectivity index (χ3v) is 3.21. The molecular formula is C14H15FN4O. The highest BCUT2D eigenvalue weighted by Crippen LogP contribution is 2.25. The molecule has 0 radical (unpaired) electrons. The van der Waals surface area contributed by atoms with Gasteiger partial charge >= 0.3 is 0 Å². The Labute approximate surface area is 116 Å². The summed E-state index contributed by atoms with van der Waals surface area (Å²) in [5, 5.41) is 6.14. The quantitative estimate of drug-likeness (QED) is 0.896. The number of rotatable bonds is 3. The molecule has 2 N–H and O–H groups in total. The molecule has 0 saturated heterocycles.